The lowest BCUT2D eigenvalue weighted by atomic mass is 10.2. The quantitative estimate of drug-likeness (QED) is 0.809. The van der Waals surface area contributed by atoms with Gasteiger partial charge in [0.25, 0.3) is 0 Å². The Morgan fingerprint density at radius 3 is 2.57 bits per heavy atom. The van der Waals surface area contributed by atoms with E-state index in [2.05, 4.69) is 19.2 Å². The van der Waals surface area contributed by atoms with Gasteiger partial charge in [-0.05, 0) is 42.3 Å². The van der Waals surface area contributed by atoms with E-state index in [0.29, 0.717) is 16.7 Å². The number of ether oxygens (including phenoxy) is 1. The first kappa shape index (κ1) is 15.8. The molecule has 0 unspecified atom stereocenters. The molecule has 0 aliphatic rings. The van der Waals surface area contributed by atoms with Crippen LogP contribution in [0.15, 0.2) is 42.5 Å². The average Bonchev–Trinajstić information content (AvgIpc) is 2.43. The SMILES string of the molecule is CC(C)CNCc1ccc(Oc2ccccc2F)c(Cl)c1. The topological polar surface area (TPSA) is 21.3 Å². The van der Waals surface area contributed by atoms with Crippen LogP contribution >= 0.6 is 11.6 Å². The van der Waals surface area contributed by atoms with E-state index < -0.39 is 5.82 Å². The first-order valence-corrected chi connectivity index (χ1v) is 7.35. The number of hydrogen-bond acceptors (Lipinski definition) is 2. The van der Waals surface area contributed by atoms with Crippen molar-refractivity contribution in [2.45, 2.75) is 20.4 Å². The molecule has 2 aromatic carbocycles. The van der Waals surface area contributed by atoms with Crippen molar-refractivity contribution in [2.24, 2.45) is 5.92 Å². The zero-order valence-electron chi connectivity index (χ0n) is 12.2. The molecule has 0 aliphatic heterocycles. The number of rotatable bonds is 6. The Kier molecular flexibility index (Phi) is 5.59. The molecular formula is C17H19ClFNO. The third-order valence-corrected chi connectivity index (χ3v) is 3.23. The van der Waals surface area contributed by atoms with Crippen LogP contribution in [-0.2, 0) is 6.54 Å². The minimum absolute atomic E-state index is 0.171. The average molecular weight is 308 g/mol. The van der Waals surface area contributed by atoms with Gasteiger partial charge in [-0.25, -0.2) is 4.39 Å². The minimum atomic E-state index is -0.406. The van der Waals surface area contributed by atoms with Gasteiger partial charge in [-0.3, -0.25) is 0 Å². The maximum absolute atomic E-state index is 13.6. The minimum Gasteiger partial charge on any atom is -0.453 e. The molecule has 0 aromatic heterocycles. The Balaban J connectivity index is 2.04. The predicted octanol–water partition coefficient (Wildman–Crippen LogP) is 5.02. The smallest absolute Gasteiger partial charge is 0.165 e. The van der Waals surface area contributed by atoms with Crippen molar-refractivity contribution < 1.29 is 9.13 Å². The zero-order valence-corrected chi connectivity index (χ0v) is 13.0. The molecule has 2 nitrogen and oxygen atoms in total. The Hall–Kier alpha value is -1.58. The summed E-state index contributed by atoms with van der Waals surface area (Å²) in [5.74, 6) is 0.819. The van der Waals surface area contributed by atoms with Gasteiger partial charge >= 0.3 is 0 Å². The monoisotopic (exact) mass is 307 g/mol. The largest absolute Gasteiger partial charge is 0.453 e. The van der Waals surface area contributed by atoms with Gasteiger partial charge in [-0.2, -0.15) is 0 Å². The van der Waals surface area contributed by atoms with Crippen LogP contribution in [0.4, 0.5) is 4.39 Å². The molecule has 0 amide bonds. The summed E-state index contributed by atoms with van der Waals surface area (Å²) in [4.78, 5) is 0. The molecule has 0 heterocycles. The Bertz CT molecular complexity index is 601. The van der Waals surface area contributed by atoms with E-state index in [0.717, 1.165) is 18.7 Å². The zero-order chi connectivity index (χ0) is 15.2. The molecule has 0 fully saturated rings. The maximum Gasteiger partial charge on any atom is 0.165 e. The van der Waals surface area contributed by atoms with Crippen molar-refractivity contribution in [3.8, 4) is 11.5 Å². The van der Waals surface area contributed by atoms with E-state index in [1.165, 1.54) is 6.07 Å². The second-order valence-electron chi connectivity index (χ2n) is 5.32. The van der Waals surface area contributed by atoms with Crippen molar-refractivity contribution >= 4 is 11.6 Å². The Morgan fingerprint density at radius 1 is 1.14 bits per heavy atom. The molecule has 0 atom stereocenters. The van der Waals surface area contributed by atoms with Gasteiger partial charge in [0.1, 0.15) is 5.75 Å². The molecule has 2 aromatic rings. The first-order valence-electron chi connectivity index (χ1n) is 6.98. The summed E-state index contributed by atoms with van der Waals surface area (Å²) in [6.45, 7) is 6.01. The maximum atomic E-state index is 13.6. The molecule has 0 saturated heterocycles. The summed E-state index contributed by atoms with van der Waals surface area (Å²) in [7, 11) is 0. The fourth-order valence-electron chi connectivity index (χ4n) is 1.89. The van der Waals surface area contributed by atoms with Gasteiger partial charge in [0.2, 0.25) is 0 Å². The van der Waals surface area contributed by atoms with E-state index >= 15 is 0 Å². The standard InChI is InChI=1S/C17H19ClFNO/c1-12(2)10-20-11-13-7-8-16(14(18)9-13)21-17-6-4-3-5-15(17)19/h3-9,12,20H,10-11H2,1-2H3. The van der Waals surface area contributed by atoms with Crippen LogP contribution in [0.5, 0.6) is 11.5 Å². The molecule has 0 aliphatic carbocycles. The molecule has 0 spiro atoms. The highest BCUT2D eigenvalue weighted by molar-refractivity contribution is 6.32. The van der Waals surface area contributed by atoms with Crippen molar-refractivity contribution in [1.29, 1.82) is 0 Å². The summed E-state index contributed by atoms with van der Waals surface area (Å²) >= 11 is 6.20. The van der Waals surface area contributed by atoms with Crippen molar-refractivity contribution in [2.75, 3.05) is 6.54 Å². The summed E-state index contributed by atoms with van der Waals surface area (Å²) < 4.78 is 19.1. The lowest BCUT2D eigenvalue weighted by Gasteiger charge is -2.11. The predicted molar refractivity (Wildman–Crippen MR) is 84.5 cm³/mol. The molecule has 2 rings (SSSR count). The van der Waals surface area contributed by atoms with Crippen LogP contribution in [0, 0.1) is 11.7 Å². The number of hydrogen-bond donors (Lipinski definition) is 1. The van der Waals surface area contributed by atoms with Gasteiger partial charge < -0.3 is 10.1 Å². The summed E-state index contributed by atoms with van der Waals surface area (Å²) in [5.41, 5.74) is 1.07. The lowest BCUT2D eigenvalue weighted by Crippen LogP contribution is -2.18. The third kappa shape index (κ3) is 4.73. The van der Waals surface area contributed by atoms with Crippen LogP contribution < -0.4 is 10.1 Å². The summed E-state index contributed by atoms with van der Waals surface area (Å²) in [6, 6.07) is 11.8. The van der Waals surface area contributed by atoms with Crippen LogP contribution in [0.3, 0.4) is 0 Å². The molecule has 112 valence electrons. The number of benzene rings is 2. The second kappa shape index (κ2) is 7.43. The fraction of sp³-hybridized carbons (Fsp3) is 0.294. The van der Waals surface area contributed by atoms with Gasteiger partial charge in [0, 0.05) is 6.54 Å². The van der Waals surface area contributed by atoms with Gasteiger partial charge in [0.05, 0.1) is 5.02 Å². The van der Waals surface area contributed by atoms with E-state index in [1.807, 2.05) is 12.1 Å². The summed E-state index contributed by atoms with van der Waals surface area (Å²) in [5, 5.41) is 3.82. The van der Waals surface area contributed by atoms with E-state index in [-0.39, 0.29) is 5.75 Å². The molecule has 1 N–H and O–H groups in total. The molecule has 0 radical (unpaired) electrons. The van der Waals surface area contributed by atoms with Crippen molar-refractivity contribution in [1.82, 2.24) is 5.32 Å². The normalized spacial score (nSPS) is 10.9. The number of nitrogens with one attached hydrogen (secondary N) is 1. The molecule has 4 heteroatoms. The third-order valence-electron chi connectivity index (χ3n) is 2.93. The van der Waals surface area contributed by atoms with E-state index in [9.17, 15) is 4.39 Å². The molecule has 21 heavy (non-hydrogen) atoms. The Morgan fingerprint density at radius 2 is 1.90 bits per heavy atom. The highest BCUT2D eigenvalue weighted by Crippen LogP contribution is 2.31. The van der Waals surface area contributed by atoms with Crippen molar-refractivity contribution in [3.05, 3.63) is 58.9 Å². The van der Waals surface area contributed by atoms with Crippen LogP contribution in [-0.4, -0.2) is 6.54 Å². The molecule has 0 saturated carbocycles. The van der Waals surface area contributed by atoms with E-state index in [4.69, 9.17) is 16.3 Å². The highest BCUT2D eigenvalue weighted by Gasteiger charge is 2.08. The van der Waals surface area contributed by atoms with E-state index in [1.54, 1.807) is 24.3 Å². The van der Waals surface area contributed by atoms with Crippen LogP contribution in [0.25, 0.3) is 0 Å². The molecule has 0 bridgehead atoms. The number of para-hydroxylation sites is 1. The fourth-order valence-corrected chi connectivity index (χ4v) is 2.13. The Labute approximate surface area is 129 Å². The van der Waals surface area contributed by atoms with Crippen LogP contribution in [0.2, 0.25) is 5.02 Å². The van der Waals surface area contributed by atoms with Crippen molar-refractivity contribution in [3.63, 3.8) is 0 Å². The number of halogens is 2. The molecular weight excluding hydrogens is 289 g/mol. The highest BCUT2D eigenvalue weighted by atomic mass is 35.5. The summed E-state index contributed by atoms with van der Waals surface area (Å²) in [6.07, 6.45) is 0. The van der Waals surface area contributed by atoms with Crippen LogP contribution in [0.1, 0.15) is 19.4 Å². The second-order valence-corrected chi connectivity index (χ2v) is 5.73. The first-order chi connectivity index (χ1) is 10.1. The lowest BCUT2D eigenvalue weighted by molar-refractivity contribution is 0.442. The van der Waals surface area contributed by atoms with Gasteiger partial charge in [-0.1, -0.05) is 43.6 Å². The van der Waals surface area contributed by atoms with Gasteiger partial charge in [0.15, 0.2) is 11.6 Å². The van der Waals surface area contributed by atoms with Gasteiger partial charge in [-0.15, -0.1) is 0 Å².